The van der Waals surface area contributed by atoms with Crippen LogP contribution in [0.1, 0.15) is 5.76 Å². The number of furan rings is 1. The van der Waals surface area contributed by atoms with Gasteiger partial charge in [-0.15, -0.1) is 0 Å². The summed E-state index contributed by atoms with van der Waals surface area (Å²) in [5.41, 5.74) is 2.87. The van der Waals surface area contributed by atoms with Crippen molar-refractivity contribution >= 4 is 35.5 Å². The Morgan fingerprint density at radius 3 is 2.85 bits per heavy atom. The average molecular weight is 313 g/mol. The lowest BCUT2D eigenvalue weighted by molar-refractivity contribution is 0.171. The number of hydrogen-bond acceptors (Lipinski definition) is 4. The second-order valence-corrected chi connectivity index (χ2v) is 4.53. The average Bonchev–Trinajstić information content (AvgIpc) is 2.87. The molecule has 0 fully saturated rings. The number of ether oxygens (including phenoxy) is 1. The quantitative estimate of drug-likeness (QED) is 0.689. The zero-order valence-electron chi connectivity index (χ0n) is 10.4. The highest BCUT2D eigenvalue weighted by Gasteiger charge is 2.08. The standard InChI is InChI=1S/C13H10Cl2N2O3/c1-19-13(18)17-16-7-9-3-5-12(20-9)10-4-2-8(14)6-11(10)15/h2-7H,1H3,(H,17,18)/b16-7+. The van der Waals surface area contributed by atoms with E-state index in [0.29, 0.717) is 21.6 Å². The topological polar surface area (TPSA) is 63.8 Å². The molecule has 0 aliphatic carbocycles. The molecule has 1 N–H and O–H groups in total. The molecular formula is C13H10Cl2N2O3. The lowest BCUT2D eigenvalue weighted by atomic mass is 10.2. The maximum atomic E-state index is 10.8. The number of carbonyl (C=O) groups excluding carboxylic acids is 1. The fourth-order valence-corrected chi connectivity index (χ4v) is 1.95. The predicted molar refractivity (Wildman–Crippen MR) is 77.3 cm³/mol. The number of rotatable bonds is 3. The van der Waals surface area contributed by atoms with E-state index in [4.69, 9.17) is 27.6 Å². The van der Waals surface area contributed by atoms with Crippen LogP contribution < -0.4 is 5.43 Å². The minimum absolute atomic E-state index is 0.461. The fraction of sp³-hybridized carbons (Fsp3) is 0.0769. The van der Waals surface area contributed by atoms with Gasteiger partial charge >= 0.3 is 6.09 Å². The summed E-state index contributed by atoms with van der Waals surface area (Å²) in [5.74, 6) is 1.04. The van der Waals surface area contributed by atoms with E-state index in [-0.39, 0.29) is 0 Å². The van der Waals surface area contributed by atoms with Crippen LogP contribution in [0.3, 0.4) is 0 Å². The molecule has 0 aliphatic heterocycles. The molecule has 1 heterocycles. The van der Waals surface area contributed by atoms with Crippen molar-refractivity contribution in [1.29, 1.82) is 0 Å². The third-order valence-corrected chi connectivity index (χ3v) is 2.90. The smallest absolute Gasteiger partial charge is 0.427 e. The monoisotopic (exact) mass is 312 g/mol. The maximum Gasteiger partial charge on any atom is 0.427 e. The number of benzene rings is 1. The first-order valence-electron chi connectivity index (χ1n) is 5.52. The molecule has 104 valence electrons. The van der Waals surface area contributed by atoms with Crippen molar-refractivity contribution in [3.63, 3.8) is 0 Å². The summed E-state index contributed by atoms with van der Waals surface area (Å²) in [4.78, 5) is 10.8. The zero-order chi connectivity index (χ0) is 14.5. The number of halogens is 2. The van der Waals surface area contributed by atoms with E-state index < -0.39 is 6.09 Å². The van der Waals surface area contributed by atoms with Gasteiger partial charge in [0.15, 0.2) is 0 Å². The number of hydrazone groups is 1. The number of nitrogens with one attached hydrogen (secondary N) is 1. The highest BCUT2D eigenvalue weighted by Crippen LogP contribution is 2.31. The van der Waals surface area contributed by atoms with Crippen LogP contribution >= 0.6 is 23.2 Å². The molecule has 1 aromatic carbocycles. The molecule has 0 unspecified atom stereocenters. The summed E-state index contributed by atoms with van der Waals surface area (Å²) in [7, 11) is 1.25. The maximum absolute atomic E-state index is 10.8. The Morgan fingerprint density at radius 1 is 1.35 bits per heavy atom. The van der Waals surface area contributed by atoms with Gasteiger partial charge in [0.2, 0.25) is 0 Å². The summed E-state index contributed by atoms with van der Waals surface area (Å²) in [6.07, 6.45) is 0.693. The van der Waals surface area contributed by atoms with Crippen LogP contribution in [0.25, 0.3) is 11.3 Å². The Morgan fingerprint density at radius 2 is 2.15 bits per heavy atom. The molecule has 1 amide bonds. The molecule has 20 heavy (non-hydrogen) atoms. The minimum atomic E-state index is -0.659. The van der Waals surface area contributed by atoms with Crippen molar-refractivity contribution in [1.82, 2.24) is 5.43 Å². The van der Waals surface area contributed by atoms with Crippen LogP contribution in [0.2, 0.25) is 10.0 Å². The molecule has 0 saturated heterocycles. The number of hydrogen-bond donors (Lipinski definition) is 1. The molecule has 0 aliphatic rings. The first-order valence-corrected chi connectivity index (χ1v) is 6.28. The van der Waals surface area contributed by atoms with Gasteiger partial charge in [0.25, 0.3) is 0 Å². The lowest BCUT2D eigenvalue weighted by Gasteiger charge is -2.00. The van der Waals surface area contributed by atoms with Gasteiger partial charge in [0.05, 0.1) is 18.3 Å². The molecule has 0 bridgehead atoms. The molecule has 2 aromatic rings. The summed E-state index contributed by atoms with van der Waals surface area (Å²) >= 11 is 11.9. The first kappa shape index (κ1) is 14.4. The van der Waals surface area contributed by atoms with E-state index in [1.807, 2.05) is 0 Å². The first-order chi connectivity index (χ1) is 9.60. The van der Waals surface area contributed by atoms with Gasteiger partial charge in [0.1, 0.15) is 11.5 Å². The van der Waals surface area contributed by atoms with E-state index in [9.17, 15) is 4.79 Å². The number of amides is 1. The van der Waals surface area contributed by atoms with Crippen molar-refractivity contribution in [3.05, 3.63) is 46.1 Å². The van der Waals surface area contributed by atoms with Gasteiger partial charge in [-0.05, 0) is 30.3 Å². The molecule has 2 rings (SSSR count). The van der Waals surface area contributed by atoms with Crippen LogP contribution in [0.15, 0.2) is 39.9 Å². The van der Waals surface area contributed by atoms with Crippen LogP contribution in [0.4, 0.5) is 4.79 Å². The third-order valence-electron chi connectivity index (χ3n) is 2.36. The number of methoxy groups -OCH3 is 1. The molecule has 5 nitrogen and oxygen atoms in total. The second kappa shape index (κ2) is 6.45. The Hall–Kier alpha value is -1.98. The minimum Gasteiger partial charge on any atom is -0.455 e. The van der Waals surface area contributed by atoms with Crippen LogP contribution in [0, 0.1) is 0 Å². The normalized spacial score (nSPS) is 10.8. The van der Waals surface area contributed by atoms with Gasteiger partial charge in [-0.3, -0.25) is 0 Å². The highest BCUT2D eigenvalue weighted by atomic mass is 35.5. The van der Waals surface area contributed by atoms with E-state index in [1.165, 1.54) is 13.3 Å². The van der Waals surface area contributed by atoms with E-state index in [0.717, 1.165) is 5.56 Å². The largest absolute Gasteiger partial charge is 0.455 e. The molecule has 1 aromatic heterocycles. The SMILES string of the molecule is COC(=O)N/N=C/c1ccc(-c2ccc(Cl)cc2Cl)o1. The van der Waals surface area contributed by atoms with Gasteiger partial charge in [0, 0.05) is 10.6 Å². The Balaban J connectivity index is 2.14. The third kappa shape index (κ3) is 3.53. The van der Waals surface area contributed by atoms with Crippen molar-refractivity contribution in [3.8, 4) is 11.3 Å². The van der Waals surface area contributed by atoms with Gasteiger partial charge < -0.3 is 9.15 Å². The van der Waals surface area contributed by atoms with Gasteiger partial charge in [-0.2, -0.15) is 5.10 Å². The van der Waals surface area contributed by atoms with Gasteiger partial charge in [-0.25, -0.2) is 10.2 Å². The Labute approximate surface area is 125 Å². The van der Waals surface area contributed by atoms with Crippen LogP contribution in [-0.2, 0) is 4.74 Å². The summed E-state index contributed by atoms with van der Waals surface area (Å²) in [6.45, 7) is 0. The molecule has 0 atom stereocenters. The molecule has 0 saturated carbocycles. The number of carbonyl (C=O) groups is 1. The Bertz CT molecular complexity index is 653. The van der Waals surface area contributed by atoms with E-state index >= 15 is 0 Å². The van der Waals surface area contributed by atoms with E-state index in [2.05, 4.69) is 15.3 Å². The van der Waals surface area contributed by atoms with Crippen LogP contribution in [-0.4, -0.2) is 19.4 Å². The summed E-state index contributed by atoms with van der Waals surface area (Å²) in [6, 6.07) is 8.56. The fourth-order valence-electron chi connectivity index (χ4n) is 1.45. The van der Waals surface area contributed by atoms with Gasteiger partial charge in [-0.1, -0.05) is 23.2 Å². The summed E-state index contributed by atoms with van der Waals surface area (Å²) in [5, 5.41) is 4.70. The molecule has 0 spiro atoms. The predicted octanol–water partition coefficient (Wildman–Crippen LogP) is 3.94. The number of nitrogens with zero attached hydrogens (tertiary/aromatic N) is 1. The zero-order valence-corrected chi connectivity index (χ0v) is 11.9. The van der Waals surface area contributed by atoms with Crippen molar-refractivity contribution in [2.75, 3.05) is 7.11 Å². The van der Waals surface area contributed by atoms with E-state index in [1.54, 1.807) is 30.3 Å². The highest BCUT2D eigenvalue weighted by molar-refractivity contribution is 6.36. The second-order valence-electron chi connectivity index (χ2n) is 3.69. The van der Waals surface area contributed by atoms with Crippen LogP contribution in [0.5, 0.6) is 0 Å². The van der Waals surface area contributed by atoms with Crippen molar-refractivity contribution < 1.29 is 13.9 Å². The molecule has 7 heteroatoms. The van der Waals surface area contributed by atoms with Crippen molar-refractivity contribution in [2.24, 2.45) is 5.10 Å². The molecular weight excluding hydrogens is 303 g/mol. The molecule has 0 radical (unpaired) electrons. The Kier molecular flexibility index (Phi) is 4.65. The van der Waals surface area contributed by atoms with Crippen molar-refractivity contribution in [2.45, 2.75) is 0 Å². The summed E-state index contributed by atoms with van der Waals surface area (Å²) < 4.78 is 9.90. The lowest BCUT2D eigenvalue weighted by Crippen LogP contribution is -2.16.